The lowest BCUT2D eigenvalue weighted by Crippen LogP contribution is -2.44. The maximum Gasteiger partial charge on any atom is 0.223 e. The van der Waals surface area contributed by atoms with Gasteiger partial charge in [-0.1, -0.05) is 48.5 Å². The molecule has 1 saturated heterocycles. The van der Waals surface area contributed by atoms with E-state index in [1.165, 1.54) is 6.07 Å². The van der Waals surface area contributed by atoms with Crippen LogP contribution in [0.3, 0.4) is 0 Å². The second-order valence-corrected chi connectivity index (χ2v) is 7.31. The number of benzene rings is 2. The Morgan fingerprint density at radius 1 is 1.11 bits per heavy atom. The number of nitrogens with zero attached hydrogens (tertiary/aromatic N) is 5. The van der Waals surface area contributed by atoms with Crippen molar-refractivity contribution in [3.8, 4) is 0 Å². The smallest absolute Gasteiger partial charge is 0.223 e. The molecule has 0 N–H and O–H groups in total. The van der Waals surface area contributed by atoms with Gasteiger partial charge in [-0.15, -0.1) is 5.10 Å². The average molecular weight is 379 g/mol. The maximum atomic E-state index is 14.0. The van der Waals surface area contributed by atoms with Gasteiger partial charge in [0.05, 0.1) is 6.54 Å². The number of likely N-dealkylation sites (tertiary alicyclic amines) is 1. The van der Waals surface area contributed by atoms with Crippen LogP contribution in [0, 0.1) is 5.82 Å². The Morgan fingerprint density at radius 3 is 2.64 bits per heavy atom. The van der Waals surface area contributed by atoms with Crippen LogP contribution in [0.1, 0.15) is 36.7 Å². The summed E-state index contributed by atoms with van der Waals surface area (Å²) in [4.78, 5) is 14.4. The summed E-state index contributed by atoms with van der Waals surface area (Å²) < 4.78 is 15.7. The molecule has 1 atom stereocenters. The zero-order chi connectivity index (χ0) is 19.6. The number of carbonyl (C=O) groups excluding carboxylic acids is 1. The molecule has 7 heteroatoms. The van der Waals surface area contributed by atoms with Gasteiger partial charge in [0.2, 0.25) is 5.91 Å². The molecule has 1 aromatic heterocycles. The number of halogens is 1. The molecule has 0 spiro atoms. The van der Waals surface area contributed by atoms with E-state index in [-0.39, 0.29) is 11.7 Å². The van der Waals surface area contributed by atoms with Crippen LogP contribution in [-0.2, 0) is 23.3 Å². The van der Waals surface area contributed by atoms with Gasteiger partial charge in [-0.3, -0.25) is 4.79 Å². The molecule has 1 aliphatic rings. The van der Waals surface area contributed by atoms with E-state index in [9.17, 15) is 9.18 Å². The fourth-order valence-electron chi connectivity index (χ4n) is 3.89. The highest BCUT2D eigenvalue weighted by atomic mass is 19.1. The average Bonchev–Trinajstić information content (AvgIpc) is 3.28. The Bertz CT molecular complexity index is 974. The van der Waals surface area contributed by atoms with Crippen molar-refractivity contribution in [3.63, 3.8) is 0 Å². The zero-order valence-electron chi connectivity index (χ0n) is 15.8. The minimum atomic E-state index is -0.610. The van der Waals surface area contributed by atoms with E-state index in [1.54, 1.807) is 21.7 Å². The number of amides is 1. The molecule has 0 aliphatic carbocycles. The Morgan fingerprint density at radius 2 is 1.86 bits per heavy atom. The summed E-state index contributed by atoms with van der Waals surface area (Å²) in [7, 11) is 0. The summed E-state index contributed by atoms with van der Waals surface area (Å²) in [5, 5.41) is 12.3. The summed E-state index contributed by atoms with van der Waals surface area (Å²) in [5.74, 6) is 0.466. The van der Waals surface area contributed by atoms with Crippen molar-refractivity contribution in [2.24, 2.45) is 0 Å². The summed E-state index contributed by atoms with van der Waals surface area (Å²) in [6.07, 6.45) is 1.53. The van der Waals surface area contributed by atoms with Gasteiger partial charge in [0.1, 0.15) is 11.4 Å². The first kappa shape index (κ1) is 18.3. The van der Waals surface area contributed by atoms with Crippen LogP contribution >= 0.6 is 0 Å². The van der Waals surface area contributed by atoms with Gasteiger partial charge >= 0.3 is 0 Å². The highest BCUT2D eigenvalue weighted by Gasteiger charge is 2.46. The number of carbonyl (C=O) groups is 1. The summed E-state index contributed by atoms with van der Waals surface area (Å²) in [6, 6.07) is 16.6. The molecule has 28 heavy (non-hydrogen) atoms. The first-order valence-electron chi connectivity index (χ1n) is 9.42. The lowest BCUT2D eigenvalue weighted by atomic mass is 9.97. The normalized spacial score (nSPS) is 19.4. The Balaban J connectivity index is 1.58. The fraction of sp³-hybridized carbons (Fsp3) is 0.333. The van der Waals surface area contributed by atoms with E-state index >= 15 is 0 Å². The van der Waals surface area contributed by atoms with Crippen molar-refractivity contribution >= 4 is 5.91 Å². The van der Waals surface area contributed by atoms with Gasteiger partial charge in [-0.2, -0.15) is 0 Å². The van der Waals surface area contributed by atoms with Crippen LogP contribution in [0.5, 0.6) is 0 Å². The molecule has 2 aromatic carbocycles. The molecule has 0 bridgehead atoms. The SMILES string of the molecule is CC1(c2nnnn2Cc2ccccc2)CCC(=O)N1CCc1ccccc1F. The molecule has 1 unspecified atom stereocenters. The molecule has 2 heterocycles. The van der Waals surface area contributed by atoms with E-state index in [1.807, 2.05) is 43.3 Å². The van der Waals surface area contributed by atoms with Crippen LogP contribution in [0.2, 0.25) is 0 Å². The number of rotatable bonds is 6. The monoisotopic (exact) mass is 379 g/mol. The largest absolute Gasteiger partial charge is 0.330 e. The molecular weight excluding hydrogens is 357 g/mol. The number of tetrazole rings is 1. The summed E-state index contributed by atoms with van der Waals surface area (Å²) in [5.41, 5.74) is 1.08. The van der Waals surface area contributed by atoms with E-state index in [2.05, 4.69) is 15.5 Å². The molecule has 1 amide bonds. The van der Waals surface area contributed by atoms with Gasteiger partial charge in [0.25, 0.3) is 0 Å². The van der Waals surface area contributed by atoms with Gasteiger partial charge in [-0.05, 0) is 47.4 Å². The minimum Gasteiger partial charge on any atom is -0.330 e. The first-order chi connectivity index (χ1) is 13.6. The molecule has 6 nitrogen and oxygen atoms in total. The van der Waals surface area contributed by atoms with Crippen molar-refractivity contribution in [3.05, 3.63) is 77.4 Å². The lowest BCUT2D eigenvalue weighted by molar-refractivity contribution is -0.131. The molecule has 1 fully saturated rings. The van der Waals surface area contributed by atoms with Crippen molar-refractivity contribution < 1.29 is 9.18 Å². The second kappa shape index (κ2) is 7.50. The fourth-order valence-corrected chi connectivity index (χ4v) is 3.89. The second-order valence-electron chi connectivity index (χ2n) is 7.31. The topological polar surface area (TPSA) is 63.9 Å². The van der Waals surface area contributed by atoms with Crippen molar-refractivity contribution in [2.45, 2.75) is 38.3 Å². The molecule has 1 aliphatic heterocycles. The van der Waals surface area contributed by atoms with Crippen LogP contribution < -0.4 is 0 Å². The van der Waals surface area contributed by atoms with Crippen LogP contribution in [-0.4, -0.2) is 37.6 Å². The molecule has 0 radical (unpaired) electrons. The van der Waals surface area contributed by atoms with Gasteiger partial charge in [0, 0.05) is 13.0 Å². The third-order valence-corrected chi connectivity index (χ3v) is 5.47. The Labute approximate surface area is 163 Å². The minimum absolute atomic E-state index is 0.0492. The van der Waals surface area contributed by atoms with Gasteiger partial charge in [-0.25, -0.2) is 9.07 Å². The predicted octanol–water partition coefficient (Wildman–Crippen LogP) is 2.94. The lowest BCUT2D eigenvalue weighted by Gasteiger charge is -2.34. The first-order valence-corrected chi connectivity index (χ1v) is 9.42. The highest BCUT2D eigenvalue weighted by Crippen LogP contribution is 2.38. The molecular formula is C21H22FN5O. The van der Waals surface area contributed by atoms with Crippen LogP contribution in [0.15, 0.2) is 54.6 Å². The van der Waals surface area contributed by atoms with Crippen LogP contribution in [0.4, 0.5) is 4.39 Å². The van der Waals surface area contributed by atoms with Gasteiger partial charge < -0.3 is 4.90 Å². The van der Waals surface area contributed by atoms with Crippen molar-refractivity contribution in [2.75, 3.05) is 6.54 Å². The molecule has 0 saturated carbocycles. The standard InChI is InChI=1S/C21H22FN5O/c1-21(20-23-24-25-27(20)15-16-7-3-2-4-8-16)13-11-19(28)26(21)14-12-17-9-5-6-10-18(17)22/h2-10H,11-15H2,1H3. The third-order valence-electron chi connectivity index (χ3n) is 5.47. The Kier molecular flexibility index (Phi) is 4.90. The van der Waals surface area contributed by atoms with E-state index in [4.69, 9.17) is 0 Å². The number of hydrogen-bond acceptors (Lipinski definition) is 4. The number of hydrogen-bond donors (Lipinski definition) is 0. The number of aromatic nitrogens is 4. The summed E-state index contributed by atoms with van der Waals surface area (Å²) >= 11 is 0. The van der Waals surface area contributed by atoms with E-state index < -0.39 is 5.54 Å². The van der Waals surface area contributed by atoms with Crippen molar-refractivity contribution in [1.82, 2.24) is 25.1 Å². The molecule has 3 aromatic rings. The highest BCUT2D eigenvalue weighted by molar-refractivity contribution is 5.79. The Hall–Kier alpha value is -3.09. The molecule has 144 valence electrons. The molecule has 4 rings (SSSR count). The quantitative estimate of drug-likeness (QED) is 0.661. The van der Waals surface area contributed by atoms with Crippen molar-refractivity contribution in [1.29, 1.82) is 0 Å². The summed E-state index contributed by atoms with van der Waals surface area (Å²) in [6.45, 7) is 2.95. The van der Waals surface area contributed by atoms with E-state index in [0.717, 1.165) is 5.56 Å². The third kappa shape index (κ3) is 3.40. The van der Waals surface area contributed by atoms with Gasteiger partial charge in [0.15, 0.2) is 5.82 Å². The van der Waals surface area contributed by atoms with E-state index in [0.29, 0.717) is 43.7 Å². The van der Waals surface area contributed by atoms with Crippen LogP contribution in [0.25, 0.3) is 0 Å². The predicted molar refractivity (Wildman–Crippen MR) is 102 cm³/mol. The zero-order valence-corrected chi connectivity index (χ0v) is 15.8. The maximum absolute atomic E-state index is 14.0.